The van der Waals surface area contributed by atoms with Crippen LogP contribution in [0.2, 0.25) is 0 Å². The summed E-state index contributed by atoms with van der Waals surface area (Å²) in [6, 6.07) is 8.18. The number of hydrogen-bond acceptors (Lipinski definition) is 2. The topological polar surface area (TPSA) is 37.3 Å². The van der Waals surface area contributed by atoms with Gasteiger partial charge < -0.3 is 5.11 Å². The molecule has 0 saturated heterocycles. The highest BCUT2D eigenvalue weighted by atomic mass is 16.3. The normalized spacial score (nSPS) is 12.5. The summed E-state index contributed by atoms with van der Waals surface area (Å²) in [4.78, 5) is 11.3. The van der Waals surface area contributed by atoms with Gasteiger partial charge in [0.05, 0.1) is 0 Å². The highest BCUT2D eigenvalue weighted by Gasteiger charge is 2.13. The minimum atomic E-state index is -0.0438. The lowest BCUT2D eigenvalue weighted by atomic mass is 9.93. The lowest BCUT2D eigenvalue weighted by Crippen LogP contribution is -2.15. The van der Waals surface area contributed by atoms with E-state index < -0.39 is 0 Å². The monoisotopic (exact) mass is 206 g/mol. The first-order valence-corrected chi connectivity index (χ1v) is 5.30. The summed E-state index contributed by atoms with van der Waals surface area (Å²) < 4.78 is 0. The van der Waals surface area contributed by atoms with Crippen LogP contribution in [0, 0.1) is 12.8 Å². The molecule has 0 bridgehead atoms. The molecule has 1 rings (SSSR count). The molecule has 2 nitrogen and oxygen atoms in total. The van der Waals surface area contributed by atoms with Crippen molar-refractivity contribution in [2.45, 2.75) is 26.7 Å². The molecule has 0 spiro atoms. The predicted octanol–water partition coefficient (Wildman–Crippen LogP) is 2.13. The molecule has 1 aromatic carbocycles. The van der Waals surface area contributed by atoms with E-state index in [4.69, 9.17) is 5.11 Å². The molecule has 1 unspecified atom stereocenters. The van der Waals surface area contributed by atoms with Crippen molar-refractivity contribution in [1.82, 2.24) is 0 Å². The fraction of sp³-hybridized carbons (Fsp3) is 0.462. The molecule has 0 saturated carbocycles. The van der Waals surface area contributed by atoms with Gasteiger partial charge in [0, 0.05) is 12.5 Å². The van der Waals surface area contributed by atoms with Gasteiger partial charge in [-0.15, -0.1) is 0 Å². The molecule has 0 aliphatic heterocycles. The van der Waals surface area contributed by atoms with Gasteiger partial charge in [0.1, 0.15) is 5.78 Å². The van der Waals surface area contributed by atoms with Crippen LogP contribution in [0.25, 0.3) is 0 Å². The van der Waals surface area contributed by atoms with Crippen molar-refractivity contribution in [3.63, 3.8) is 0 Å². The molecule has 82 valence electrons. The van der Waals surface area contributed by atoms with Crippen LogP contribution in [-0.2, 0) is 11.2 Å². The Kier molecular flexibility index (Phi) is 4.50. The summed E-state index contributed by atoms with van der Waals surface area (Å²) in [7, 11) is 0. The number of carbonyl (C=O) groups excluding carboxylic acids is 1. The van der Waals surface area contributed by atoms with Crippen molar-refractivity contribution in [3.05, 3.63) is 35.4 Å². The van der Waals surface area contributed by atoms with E-state index >= 15 is 0 Å². The fourth-order valence-electron chi connectivity index (χ4n) is 1.61. The second-order valence-electron chi connectivity index (χ2n) is 4.01. The minimum Gasteiger partial charge on any atom is -0.396 e. The van der Waals surface area contributed by atoms with Crippen molar-refractivity contribution in [3.8, 4) is 0 Å². The second kappa shape index (κ2) is 5.66. The van der Waals surface area contributed by atoms with Crippen LogP contribution >= 0.6 is 0 Å². The molecule has 0 heterocycles. The van der Waals surface area contributed by atoms with E-state index in [-0.39, 0.29) is 18.3 Å². The van der Waals surface area contributed by atoms with Crippen LogP contribution < -0.4 is 0 Å². The first-order valence-electron chi connectivity index (χ1n) is 5.30. The van der Waals surface area contributed by atoms with Gasteiger partial charge in [-0.3, -0.25) is 4.79 Å². The van der Waals surface area contributed by atoms with Gasteiger partial charge in [0.25, 0.3) is 0 Å². The Labute approximate surface area is 90.9 Å². The maximum Gasteiger partial charge on any atom is 0.133 e. The lowest BCUT2D eigenvalue weighted by Gasteiger charge is -2.12. The first kappa shape index (κ1) is 11.9. The molecular formula is C13H18O2. The van der Waals surface area contributed by atoms with Gasteiger partial charge in [0.2, 0.25) is 0 Å². The number of hydrogen-bond donors (Lipinski definition) is 1. The zero-order valence-electron chi connectivity index (χ0n) is 9.36. The van der Waals surface area contributed by atoms with E-state index in [1.165, 1.54) is 5.56 Å². The number of aliphatic hydroxyl groups is 1. The molecule has 0 amide bonds. The van der Waals surface area contributed by atoms with Gasteiger partial charge in [0.15, 0.2) is 0 Å². The van der Waals surface area contributed by atoms with Crippen molar-refractivity contribution >= 4 is 5.78 Å². The number of rotatable bonds is 5. The largest absolute Gasteiger partial charge is 0.396 e. The number of aryl methyl sites for hydroxylation is 1. The molecule has 2 heteroatoms. The van der Waals surface area contributed by atoms with E-state index in [1.54, 1.807) is 6.92 Å². The summed E-state index contributed by atoms with van der Waals surface area (Å²) in [5.41, 5.74) is 2.38. The summed E-state index contributed by atoms with van der Waals surface area (Å²) in [6.07, 6.45) is 1.29. The SMILES string of the molecule is CC(=O)C(CCO)Cc1ccc(C)cc1. The van der Waals surface area contributed by atoms with Gasteiger partial charge in [-0.25, -0.2) is 0 Å². The third kappa shape index (κ3) is 3.84. The number of Topliss-reactive ketones (excluding diaryl/α,β-unsaturated/α-hetero) is 1. The van der Waals surface area contributed by atoms with Gasteiger partial charge in [-0.05, 0) is 32.3 Å². The van der Waals surface area contributed by atoms with Gasteiger partial charge in [-0.2, -0.15) is 0 Å². The van der Waals surface area contributed by atoms with Crippen LogP contribution in [0.15, 0.2) is 24.3 Å². The maximum absolute atomic E-state index is 11.3. The molecule has 0 radical (unpaired) electrons. The van der Waals surface area contributed by atoms with E-state index in [0.29, 0.717) is 6.42 Å². The van der Waals surface area contributed by atoms with Crippen molar-refractivity contribution in [1.29, 1.82) is 0 Å². The van der Waals surface area contributed by atoms with E-state index in [9.17, 15) is 4.79 Å². The third-order valence-corrected chi connectivity index (χ3v) is 2.66. The molecule has 15 heavy (non-hydrogen) atoms. The number of aliphatic hydroxyl groups excluding tert-OH is 1. The average Bonchev–Trinajstić information content (AvgIpc) is 2.20. The third-order valence-electron chi connectivity index (χ3n) is 2.66. The Morgan fingerprint density at radius 2 is 1.93 bits per heavy atom. The maximum atomic E-state index is 11.3. The highest BCUT2D eigenvalue weighted by Crippen LogP contribution is 2.14. The molecule has 1 aromatic rings. The van der Waals surface area contributed by atoms with E-state index in [0.717, 1.165) is 12.0 Å². The zero-order valence-corrected chi connectivity index (χ0v) is 9.36. The average molecular weight is 206 g/mol. The number of carbonyl (C=O) groups is 1. The summed E-state index contributed by atoms with van der Waals surface area (Å²) in [5, 5.41) is 8.86. The van der Waals surface area contributed by atoms with Crippen LogP contribution in [0.1, 0.15) is 24.5 Å². The van der Waals surface area contributed by atoms with Crippen LogP contribution in [0.5, 0.6) is 0 Å². The summed E-state index contributed by atoms with van der Waals surface area (Å²) >= 11 is 0. The Bertz CT molecular complexity index is 314. The molecule has 0 aromatic heterocycles. The molecule has 1 atom stereocenters. The molecule has 1 N–H and O–H groups in total. The summed E-state index contributed by atoms with van der Waals surface area (Å²) in [6.45, 7) is 3.71. The minimum absolute atomic E-state index is 0.0438. The fourth-order valence-corrected chi connectivity index (χ4v) is 1.61. The zero-order chi connectivity index (χ0) is 11.3. The van der Waals surface area contributed by atoms with Crippen LogP contribution in [0.4, 0.5) is 0 Å². The standard InChI is InChI=1S/C13H18O2/c1-10-3-5-12(6-4-10)9-13(7-8-14)11(2)15/h3-6,13-14H,7-9H2,1-2H3. The number of ketones is 1. The number of benzene rings is 1. The Balaban J connectivity index is 2.65. The first-order chi connectivity index (χ1) is 7.13. The van der Waals surface area contributed by atoms with Crippen molar-refractivity contribution in [2.75, 3.05) is 6.61 Å². The van der Waals surface area contributed by atoms with E-state index in [2.05, 4.69) is 0 Å². The van der Waals surface area contributed by atoms with Gasteiger partial charge in [-0.1, -0.05) is 29.8 Å². The summed E-state index contributed by atoms with van der Waals surface area (Å²) in [5.74, 6) is 0.113. The van der Waals surface area contributed by atoms with E-state index in [1.807, 2.05) is 31.2 Å². The van der Waals surface area contributed by atoms with Crippen LogP contribution in [0.3, 0.4) is 0 Å². The quantitative estimate of drug-likeness (QED) is 0.801. The van der Waals surface area contributed by atoms with Crippen LogP contribution in [-0.4, -0.2) is 17.5 Å². The molecule has 0 aliphatic rings. The lowest BCUT2D eigenvalue weighted by molar-refractivity contribution is -0.121. The second-order valence-corrected chi connectivity index (χ2v) is 4.01. The Morgan fingerprint density at radius 3 is 2.40 bits per heavy atom. The van der Waals surface area contributed by atoms with Crippen molar-refractivity contribution < 1.29 is 9.90 Å². The Morgan fingerprint density at radius 1 is 1.33 bits per heavy atom. The molecule has 0 aliphatic carbocycles. The molecular weight excluding hydrogens is 188 g/mol. The molecule has 0 fully saturated rings. The smallest absolute Gasteiger partial charge is 0.133 e. The Hall–Kier alpha value is -1.15. The van der Waals surface area contributed by atoms with Crippen molar-refractivity contribution in [2.24, 2.45) is 5.92 Å². The highest BCUT2D eigenvalue weighted by molar-refractivity contribution is 5.78. The predicted molar refractivity (Wildman–Crippen MR) is 60.8 cm³/mol. The van der Waals surface area contributed by atoms with Gasteiger partial charge >= 0.3 is 0 Å².